The van der Waals surface area contributed by atoms with Gasteiger partial charge in [-0.3, -0.25) is 0 Å². The van der Waals surface area contributed by atoms with E-state index in [4.69, 9.17) is 40.5 Å². The van der Waals surface area contributed by atoms with Crippen molar-refractivity contribution in [2.75, 3.05) is 11.1 Å². The fourth-order valence-corrected chi connectivity index (χ4v) is 2.12. The summed E-state index contributed by atoms with van der Waals surface area (Å²) in [7, 11) is 0. The lowest BCUT2D eigenvalue weighted by Crippen LogP contribution is -2.05. The third-order valence-electron chi connectivity index (χ3n) is 2.51. The molecule has 2 aromatic rings. The third kappa shape index (κ3) is 3.64. The second-order valence-electron chi connectivity index (χ2n) is 4.00. The van der Waals surface area contributed by atoms with Crippen LogP contribution in [0.4, 0.5) is 30.5 Å². The SMILES string of the molecule is Nc1nc(Nc2ccc(C(F)(F)F)cc2Cl)c(Cl)cc1Cl. The molecule has 1 aromatic heterocycles. The number of hydrogen-bond donors (Lipinski definition) is 2. The molecule has 0 aliphatic heterocycles. The topological polar surface area (TPSA) is 50.9 Å². The maximum atomic E-state index is 12.5. The maximum absolute atomic E-state index is 12.5. The molecule has 112 valence electrons. The van der Waals surface area contributed by atoms with Gasteiger partial charge in [0.15, 0.2) is 5.82 Å². The van der Waals surface area contributed by atoms with Crippen LogP contribution in [0.5, 0.6) is 0 Å². The monoisotopic (exact) mass is 355 g/mol. The number of nitrogens with one attached hydrogen (secondary N) is 1. The molecule has 0 aliphatic carbocycles. The Bertz CT molecular complexity index is 689. The first kappa shape index (κ1) is 16.0. The predicted octanol–water partition coefficient (Wildman–Crippen LogP) is 5.39. The highest BCUT2D eigenvalue weighted by Crippen LogP contribution is 2.36. The van der Waals surface area contributed by atoms with E-state index in [0.29, 0.717) is 0 Å². The van der Waals surface area contributed by atoms with E-state index in [0.717, 1.165) is 12.1 Å². The van der Waals surface area contributed by atoms with E-state index in [1.807, 2.05) is 0 Å². The van der Waals surface area contributed by atoms with E-state index < -0.39 is 11.7 Å². The molecule has 0 saturated carbocycles. The minimum atomic E-state index is -4.47. The average Bonchev–Trinajstić information content (AvgIpc) is 2.36. The number of halogens is 6. The number of benzene rings is 1. The molecule has 0 aliphatic rings. The molecule has 0 atom stereocenters. The summed E-state index contributed by atoms with van der Waals surface area (Å²) in [4.78, 5) is 3.90. The van der Waals surface area contributed by atoms with Gasteiger partial charge in [0.1, 0.15) is 5.82 Å². The van der Waals surface area contributed by atoms with Gasteiger partial charge in [0.05, 0.1) is 26.3 Å². The molecule has 21 heavy (non-hydrogen) atoms. The van der Waals surface area contributed by atoms with Crippen molar-refractivity contribution in [3.8, 4) is 0 Å². The molecule has 1 heterocycles. The summed E-state index contributed by atoms with van der Waals surface area (Å²) in [6.45, 7) is 0. The van der Waals surface area contributed by atoms with Gasteiger partial charge in [0.25, 0.3) is 0 Å². The highest BCUT2D eigenvalue weighted by Gasteiger charge is 2.30. The normalized spacial score (nSPS) is 11.5. The van der Waals surface area contributed by atoms with Crippen molar-refractivity contribution in [2.24, 2.45) is 0 Å². The van der Waals surface area contributed by atoms with Crippen molar-refractivity contribution < 1.29 is 13.2 Å². The van der Waals surface area contributed by atoms with Gasteiger partial charge >= 0.3 is 6.18 Å². The summed E-state index contributed by atoms with van der Waals surface area (Å²) in [6.07, 6.45) is -4.47. The number of nitrogen functional groups attached to an aromatic ring is 1. The number of alkyl halides is 3. The molecular weight excluding hydrogens is 350 g/mol. The maximum Gasteiger partial charge on any atom is 0.416 e. The quantitative estimate of drug-likeness (QED) is 0.759. The Morgan fingerprint density at radius 3 is 2.24 bits per heavy atom. The van der Waals surface area contributed by atoms with E-state index in [9.17, 15) is 13.2 Å². The summed E-state index contributed by atoms with van der Waals surface area (Å²) in [5.74, 6) is 0.173. The van der Waals surface area contributed by atoms with Gasteiger partial charge in [-0.15, -0.1) is 0 Å². The second kappa shape index (κ2) is 5.79. The van der Waals surface area contributed by atoms with Crippen LogP contribution in [-0.4, -0.2) is 4.98 Å². The smallest absolute Gasteiger partial charge is 0.382 e. The molecular formula is C12H7Cl3F3N3. The van der Waals surface area contributed by atoms with Gasteiger partial charge in [0, 0.05) is 0 Å². The average molecular weight is 357 g/mol. The molecule has 0 fully saturated rings. The standard InChI is InChI=1S/C12H7Cl3F3N3/c13-6-3-5(12(16,17)18)1-2-9(6)20-11-8(15)4-7(14)10(19)21-11/h1-4H,(H3,19,20,21). The highest BCUT2D eigenvalue weighted by atomic mass is 35.5. The number of anilines is 3. The molecule has 0 bridgehead atoms. The number of aromatic nitrogens is 1. The lowest BCUT2D eigenvalue weighted by atomic mass is 10.2. The summed E-state index contributed by atoms with van der Waals surface area (Å²) >= 11 is 17.5. The first-order valence-corrected chi connectivity index (χ1v) is 6.57. The third-order valence-corrected chi connectivity index (χ3v) is 3.41. The molecule has 0 amide bonds. The lowest BCUT2D eigenvalue weighted by molar-refractivity contribution is -0.137. The number of nitrogens with zero attached hydrogens (tertiary/aromatic N) is 1. The first-order chi connectivity index (χ1) is 9.68. The Labute approximate surface area is 132 Å². The summed E-state index contributed by atoms with van der Waals surface area (Å²) in [5.41, 5.74) is 4.89. The minimum Gasteiger partial charge on any atom is -0.382 e. The molecule has 0 spiro atoms. The Morgan fingerprint density at radius 1 is 1.00 bits per heavy atom. The molecule has 3 N–H and O–H groups in total. The number of rotatable bonds is 2. The van der Waals surface area contributed by atoms with Gasteiger partial charge in [-0.2, -0.15) is 13.2 Å². The fourth-order valence-electron chi connectivity index (χ4n) is 1.49. The van der Waals surface area contributed by atoms with E-state index in [-0.39, 0.29) is 32.4 Å². The fraction of sp³-hybridized carbons (Fsp3) is 0.0833. The Balaban J connectivity index is 2.35. The molecule has 0 saturated heterocycles. The summed E-state index contributed by atoms with van der Waals surface area (Å²) in [6, 6.07) is 4.23. The highest BCUT2D eigenvalue weighted by molar-refractivity contribution is 6.37. The van der Waals surface area contributed by atoms with Crippen LogP contribution < -0.4 is 11.1 Å². The lowest BCUT2D eigenvalue weighted by Gasteiger charge is -2.12. The molecule has 3 nitrogen and oxygen atoms in total. The molecule has 9 heteroatoms. The first-order valence-electron chi connectivity index (χ1n) is 5.44. The van der Waals surface area contributed by atoms with Crippen LogP contribution >= 0.6 is 34.8 Å². The van der Waals surface area contributed by atoms with E-state index in [2.05, 4.69) is 10.3 Å². The second-order valence-corrected chi connectivity index (χ2v) is 5.22. The molecule has 0 unspecified atom stereocenters. The van der Waals surface area contributed by atoms with Gasteiger partial charge in [-0.25, -0.2) is 4.98 Å². The zero-order chi connectivity index (χ0) is 15.8. The van der Waals surface area contributed by atoms with Gasteiger partial charge in [0.2, 0.25) is 0 Å². The van der Waals surface area contributed by atoms with Crippen molar-refractivity contribution in [3.63, 3.8) is 0 Å². The van der Waals surface area contributed by atoms with Crippen LogP contribution in [0.25, 0.3) is 0 Å². The van der Waals surface area contributed by atoms with E-state index >= 15 is 0 Å². The van der Waals surface area contributed by atoms with Crippen LogP contribution in [-0.2, 0) is 6.18 Å². The van der Waals surface area contributed by atoms with Gasteiger partial charge in [-0.05, 0) is 24.3 Å². The van der Waals surface area contributed by atoms with Crippen molar-refractivity contribution in [3.05, 3.63) is 44.9 Å². The molecule has 2 rings (SSSR count). The Hall–Kier alpha value is -1.37. The largest absolute Gasteiger partial charge is 0.416 e. The van der Waals surface area contributed by atoms with Crippen molar-refractivity contribution in [2.45, 2.75) is 6.18 Å². The minimum absolute atomic E-state index is 0.0339. The van der Waals surface area contributed by atoms with Crippen LogP contribution in [0.1, 0.15) is 5.56 Å². The Morgan fingerprint density at radius 2 is 1.67 bits per heavy atom. The van der Waals surface area contributed by atoms with Gasteiger partial charge in [-0.1, -0.05) is 34.8 Å². The van der Waals surface area contributed by atoms with Crippen molar-refractivity contribution in [1.82, 2.24) is 4.98 Å². The number of nitrogens with two attached hydrogens (primary N) is 1. The van der Waals surface area contributed by atoms with Crippen molar-refractivity contribution >= 4 is 52.1 Å². The molecule has 0 radical (unpaired) electrons. The zero-order valence-electron chi connectivity index (χ0n) is 10.1. The van der Waals surface area contributed by atoms with E-state index in [1.54, 1.807) is 0 Å². The number of pyridine rings is 1. The predicted molar refractivity (Wildman–Crippen MR) is 78.4 cm³/mol. The summed E-state index contributed by atoms with van der Waals surface area (Å²) in [5, 5.41) is 2.91. The van der Waals surface area contributed by atoms with Crippen LogP contribution in [0.2, 0.25) is 15.1 Å². The van der Waals surface area contributed by atoms with Crippen LogP contribution in [0, 0.1) is 0 Å². The van der Waals surface area contributed by atoms with Crippen LogP contribution in [0.3, 0.4) is 0 Å². The number of hydrogen-bond acceptors (Lipinski definition) is 3. The van der Waals surface area contributed by atoms with Gasteiger partial charge < -0.3 is 11.1 Å². The Kier molecular flexibility index (Phi) is 4.41. The molecule has 1 aromatic carbocycles. The summed E-state index contributed by atoms with van der Waals surface area (Å²) < 4.78 is 37.6. The van der Waals surface area contributed by atoms with E-state index in [1.165, 1.54) is 12.1 Å². The van der Waals surface area contributed by atoms with Crippen molar-refractivity contribution in [1.29, 1.82) is 0 Å². The zero-order valence-corrected chi connectivity index (χ0v) is 12.4. The van der Waals surface area contributed by atoms with Crippen LogP contribution in [0.15, 0.2) is 24.3 Å².